The van der Waals surface area contributed by atoms with Gasteiger partial charge in [-0.05, 0) is 42.2 Å². The van der Waals surface area contributed by atoms with E-state index in [0.717, 1.165) is 30.0 Å². The number of rotatable bonds is 4. The van der Waals surface area contributed by atoms with Crippen molar-refractivity contribution < 1.29 is 27.5 Å². The molecule has 4 rings (SSSR count). The van der Waals surface area contributed by atoms with Gasteiger partial charge in [0.1, 0.15) is 6.54 Å². The number of fused-ring (bicyclic) bond motifs is 2. The fourth-order valence-corrected chi connectivity index (χ4v) is 3.76. The van der Waals surface area contributed by atoms with Crippen LogP contribution in [0.1, 0.15) is 16.7 Å². The molecule has 0 aliphatic carbocycles. The highest BCUT2D eigenvalue weighted by Crippen LogP contribution is 2.36. The van der Waals surface area contributed by atoms with Crippen LogP contribution in [0.2, 0.25) is 0 Å². The number of halogens is 3. The van der Waals surface area contributed by atoms with Gasteiger partial charge >= 0.3 is 12.1 Å². The van der Waals surface area contributed by atoms with Gasteiger partial charge in [0, 0.05) is 12.3 Å². The molecule has 1 amide bonds. The zero-order valence-corrected chi connectivity index (χ0v) is 17.3. The van der Waals surface area contributed by atoms with Crippen molar-refractivity contribution in [1.82, 2.24) is 4.57 Å². The molecule has 3 aromatic rings. The molecule has 9 heteroatoms. The lowest BCUT2D eigenvalue weighted by Crippen LogP contribution is -2.33. The maximum Gasteiger partial charge on any atom is 0.417 e. The van der Waals surface area contributed by atoms with Gasteiger partial charge in [0.15, 0.2) is 6.61 Å². The summed E-state index contributed by atoms with van der Waals surface area (Å²) in [6, 6.07) is 16.2. The number of ether oxygens (including phenoxy) is 1. The number of aryl methyl sites for hydroxylation is 2. The van der Waals surface area contributed by atoms with Crippen LogP contribution in [-0.4, -0.2) is 23.1 Å². The molecule has 33 heavy (non-hydrogen) atoms. The van der Waals surface area contributed by atoms with Crippen LogP contribution in [0.3, 0.4) is 0 Å². The number of pyridine rings is 1. The van der Waals surface area contributed by atoms with Crippen LogP contribution in [-0.2, 0) is 39.9 Å². The molecule has 0 unspecified atom stereocenters. The molecule has 0 spiro atoms. The second-order valence-electron chi connectivity index (χ2n) is 7.53. The highest BCUT2D eigenvalue weighted by molar-refractivity contribution is 6.03. The van der Waals surface area contributed by atoms with Gasteiger partial charge in [0.2, 0.25) is 0 Å². The highest BCUT2D eigenvalue weighted by Gasteiger charge is 2.31. The minimum Gasteiger partial charge on any atom is -0.454 e. The molecule has 1 aliphatic rings. The first-order chi connectivity index (χ1) is 15.7. The van der Waals surface area contributed by atoms with Crippen molar-refractivity contribution in [1.29, 1.82) is 0 Å². The summed E-state index contributed by atoms with van der Waals surface area (Å²) in [6.07, 6.45) is -2.65. The van der Waals surface area contributed by atoms with E-state index in [1.54, 1.807) is 24.3 Å². The topological polar surface area (TPSA) is 68.6 Å². The Balaban J connectivity index is 1.52. The second-order valence-corrected chi connectivity index (χ2v) is 7.53. The number of anilines is 2. The molecule has 0 saturated heterocycles. The number of carbonyl (C=O) groups is 2. The van der Waals surface area contributed by atoms with E-state index >= 15 is 0 Å². The first-order valence-corrected chi connectivity index (χ1v) is 10.2. The Morgan fingerprint density at radius 2 is 1.45 bits per heavy atom. The quantitative estimate of drug-likeness (QED) is 0.559. The van der Waals surface area contributed by atoms with Gasteiger partial charge in [0.05, 0.1) is 16.9 Å². The molecular formula is C24H19F3N2O4. The number of hydrogen-bond acceptors (Lipinski definition) is 4. The van der Waals surface area contributed by atoms with Gasteiger partial charge in [0.25, 0.3) is 11.5 Å². The highest BCUT2D eigenvalue weighted by atomic mass is 19.4. The number of benzene rings is 2. The zero-order chi connectivity index (χ0) is 23.6. The number of para-hydroxylation sites is 2. The van der Waals surface area contributed by atoms with E-state index < -0.39 is 42.3 Å². The van der Waals surface area contributed by atoms with Crippen molar-refractivity contribution in [2.45, 2.75) is 25.6 Å². The normalized spacial score (nSPS) is 13.0. The standard InChI is InChI=1S/C24H19F3N2O4/c25-24(26,27)18-11-12-21(30)28(13-18)14-23(32)33-15-22(31)29-19-7-3-1-5-16(19)9-10-17-6-2-4-8-20(17)29/h1-8,11-13H,9-10,14-15H2. The van der Waals surface area contributed by atoms with E-state index in [-0.39, 0.29) is 0 Å². The molecular weight excluding hydrogens is 437 g/mol. The minimum absolute atomic E-state index is 0.512. The van der Waals surface area contributed by atoms with E-state index in [1.165, 1.54) is 4.90 Å². The number of hydrogen-bond donors (Lipinski definition) is 0. The number of alkyl halides is 3. The Labute approximate surface area is 186 Å². The van der Waals surface area contributed by atoms with Crippen LogP contribution in [0.5, 0.6) is 0 Å². The Morgan fingerprint density at radius 3 is 2.03 bits per heavy atom. The summed E-state index contributed by atoms with van der Waals surface area (Å²) in [5.74, 6) is -1.51. The number of esters is 1. The van der Waals surface area contributed by atoms with E-state index in [9.17, 15) is 27.6 Å². The number of nitrogens with zero attached hydrogens (tertiary/aromatic N) is 2. The first kappa shape index (κ1) is 22.3. The fourth-order valence-electron chi connectivity index (χ4n) is 3.76. The van der Waals surface area contributed by atoms with Crippen LogP contribution < -0.4 is 10.5 Å². The summed E-state index contributed by atoms with van der Waals surface area (Å²) in [6.45, 7) is -1.38. The van der Waals surface area contributed by atoms with Gasteiger partial charge in [-0.15, -0.1) is 0 Å². The van der Waals surface area contributed by atoms with Gasteiger partial charge in [-0.2, -0.15) is 13.2 Å². The van der Waals surface area contributed by atoms with Gasteiger partial charge in [-0.3, -0.25) is 19.3 Å². The van der Waals surface area contributed by atoms with Crippen LogP contribution >= 0.6 is 0 Å². The summed E-state index contributed by atoms with van der Waals surface area (Å²) >= 11 is 0. The van der Waals surface area contributed by atoms with E-state index in [1.807, 2.05) is 24.3 Å². The van der Waals surface area contributed by atoms with Crippen LogP contribution in [0.15, 0.2) is 71.7 Å². The summed E-state index contributed by atoms with van der Waals surface area (Å²) in [5, 5.41) is 0. The summed E-state index contributed by atoms with van der Waals surface area (Å²) in [5.41, 5.74) is 1.42. The molecule has 1 aromatic heterocycles. The van der Waals surface area contributed by atoms with E-state index in [2.05, 4.69) is 0 Å². The summed E-state index contributed by atoms with van der Waals surface area (Å²) < 4.78 is 44.3. The Bertz CT molecular complexity index is 1220. The number of aromatic nitrogens is 1. The number of amides is 1. The summed E-state index contributed by atoms with van der Waals surface area (Å²) in [4.78, 5) is 38.7. The molecule has 0 atom stereocenters. The predicted octanol–water partition coefficient (Wildman–Crippen LogP) is 3.87. The molecule has 0 N–H and O–H groups in total. The van der Waals surface area contributed by atoms with Crippen molar-refractivity contribution in [3.63, 3.8) is 0 Å². The maximum atomic E-state index is 13.1. The Kier molecular flexibility index (Phi) is 6.04. The smallest absolute Gasteiger partial charge is 0.417 e. The molecule has 0 saturated carbocycles. The molecule has 0 bridgehead atoms. The number of carbonyl (C=O) groups excluding carboxylic acids is 2. The SMILES string of the molecule is O=C(Cn1cc(C(F)(F)F)ccc1=O)OCC(=O)N1c2ccccc2CCc2ccccc21. The van der Waals surface area contributed by atoms with Crippen molar-refractivity contribution >= 4 is 23.3 Å². The predicted molar refractivity (Wildman–Crippen MR) is 114 cm³/mol. The third kappa shape index (κ3) is 4.82. The molecule has 170 valence electrons. The van der Waals surface area contributed by atoms with Crippen LogP contribution in [0.4, 0.5) is 24.5 Å². The average molecular weight is 456 g/mol. The Morgan fingerprint density at radius 1 is 0.879 bits per heavy atom. The lowest BCUT2D eigenvalue weighted by atomic mass is 10.0. The van der Waals surface area contributed by atoms with E-state index in [0.29, 0.717) is 28.2 Å². The minimum atomic E-state index is -4.66. The lowest BCUT2D eigenvalue weighted by Gasteiger charge is -2.24. The molecule has 1 aliphatic heterocycles. The largest absolute Gasteiger partial charge is 0.454 e. The molecule has 0 fully saturated rings. The van der Waals surface area contributed by atoms with Gasteiger partial charge in [-0.1, -0.05) is 36.4 Å². The molecule has 0 radical (unpaired) electrons. The lowest BCUT2D eigenvalue weighted by molar-refractivity contribution is -0.148. The van der Waals surface area contributed by atoms with E-state index in [4.69, 9.17) is 4.74 Å². The van der Waals surface area contributed by atoms with Crippen LogP contribution in [0, 0.1) is 0 Å². The Hall–Kier alpha value is -3.88. The third-order valence-corrected chi connectivity index (χ3v) is 5.34. The van der Waals surface area contributed by atoms with Crippen LogP contribution in [0.25, 0.3) is 0 Å². The average Bonchev–Trinajstić information content (AvgIpc) is 2.95. The maximum absolute atomic E-state index is 13.1. The fraction of sp³-hybridized carbons (Fsp3) is 0.208. The molecule has 2 aromatic carbocycles. The molecule has 2 heterocycles. The zero-order valence-electron chi connectivity index (χ0n) is 17.3. The van der Waals surface area contributed by atoms with Gasteiger partial charge in [-0.25, -0.2) is 0 Å². The summed E-state index contributed by atoms with van der Waals surface area (Å²) in [7, 11) is 0. The third-order valence-electron chi connectivity index (χ3n) is 5.34. The first-order valence-electron chi connectivity index (χ1n) is 10.2. The van der Waals surface area contributed by atoms with Crippen molar-refractivity contribution in [3.8, 4) is 0 Å². The molecule has 6 nitrogen and oxygen atoms in total. The van der Waals surface area contributed by atoms with Crippen molar-refractivity contribution in [3.05, 3.63) is 93.9 Å². The van der Waals surface area contributed by atoms with Crippen molar-refractivity contribution in [2.75, 3.05) is 11.5 Å². The van der Waals surface area contributed by atoms with Crippen molar-refractivity contribution in [2.24, 2.45) is 0 Å². The monoisotopic (exact) mass is 456 g/mol. The second kappa shape index (κ2) is 8.93. The van der Waals surface area contributed by atoms with Gasteiger partial charge < -0.3 is 9.30 Å².